The van der Waals surface area contributed by atoms with Gasteiger partial charge < -0.3 is 33.8 Å². The molecule has 0 saturated carbocycles. The molecular weight excluding hydrogens is 1220 g/mol. The number of carbonyl (C=O) groups is 4. The van der Waals surface area contributed by atoms with Gasteiger partial charge in [0.2, 0.25) is 0 Å². The van der Waals surface area contributed by atoms with Crippen molar-refractivity contribution in [1.82, 2.24) is 0 Å². The molecule has 0 aromatic carbocycles. The lowest BCUT2D eigenvalue weighted by Gasteiger charge is -2.21. The van der Waals surface area contributed by atoms with Gasteiger partial charge >= 0.3 is 39.5 Å². The summed E-state index contributed by atoms with van der Waals surface area (Å²) >= 11 is 0. The highest BCUT2D eigenvalue weighted by atomic mass is 31.2. The Balaban J connectivity index is 5.21. The molecule has 17 nitrogen and oxygen atoms in total. The van der Waals surface area contributed by atoms with Crippen LogP contribution in [0.15, 0.2) is 0 Å². The average molecular weight is 1370 g/mol. The first-order valence-electron chi connectivity index (χ1n) is 38.2. The molecule has 0 amide bonds. The molecule has 0 saturated heterocycles. The lowest BCUT2D eigenvalue weighted by atomic mass is 10.00. The predicted molar refractivity (Wildman–Crippen MR) is 377 cm³/mol. The minimum atomic E-state index is -4.96. The lowest BCUT2D eigenvalue weighted by Crippen LogP contribution is -2.30. The van der Waals surface area contributed by atoms with Gasteiger partial charge in [-0.25, -0.2) is 9.13 Å². The maximum atomic E-state index is 13.0. The molecule has 3 N–H and O–H groups in total. The van der Waals surface area contributed by atoms with Crippen molar-refractivity contribution in [3.8, 4) is 0 Å². The fourth-order valence-electron chi connectivity index (χ4n) is 11.2. The molecular formula is C74H144O17P2. The Bertz CT molecular complexity index is 1840. The fourth-order valence-corrected chi connectivity index (χ4v) is 12.7. The number of aliphatic hydroxyl groups excluding tert-OH is 1. The molecule has 3 unspecified atom stereocenters. The van der Waals surface area contributed by atoms with Gasteiger partial charge in [-0.2, -0.15) is 0 Å². The van der Waals surface area contributed by atoms with E-state index in [1.54, 1.807) is 0 Å². The van der Waals surface area contributed by atoms with Gasteiger partial charge in [0.25, 0.3) is 0 Å². The Morgan fingerprint density at radius 1 is 0.301 bits per heavy atom. The zero-order chi connectivity index (χ0) is 68.9. The number of phosphoric acid groups is 2. The van der Waals surface area contributed by atoms with E-state index < -0.39 is 97.5 Å². The van der Waals surface area contributed by atoms with E-state index in [4.69, 9.17) is 37.0 Å². The number of carbonyl (C=O) groups excluding carboxylic acids is 4. The molecule has 6 atom stereocenters. The number of aliphatic hydroxyl groups is 1. The standard InChI is InChI=1S/C74H144O17P2/c1-9-67(8)53-45-37-32-33-39-47-55-72(77)85-61-70(91-74(79)57-49-41-30-24-20-16-18-22-27-35-43-51-65(4)5)63-89-93(82,83)87-59-68(75)58-86-92(80,81)88-62-69(60-84-71(76)54-46-38-31-25-28-36-44-52-66(6)7)90-73(78)56-48-40-29-23-19-15-13-11-10-12-14-17-21-26-34-42-50-64(2)3/h64-70,75H,9-63H2,1-8H3,(H,80,81)(H,82,83)/t67?,68-,69-,70-/m1/s1. The molecule has 0 aromatic heterocycles. The smallest absolute Gasteiger partial charge is 0.462 e. The van der Waals surface area contributed by atoms with Crippen LogP contribution in [0.4, 0.5) is 0 Å². The third-order valence-corrected chi connectivity index (χ3v) is 19.3. The minimum Gasteiger partial charge on any atom is -0.462 e. The molecule has 552 valence electrons. The molecule has 0 aromatic rings. The minimum absolute atomic E-state index is 0.105. The summed E-state index contributed by atoms with van der Waals surface area (Å²) < 4.78 is 68.4. The first-order valence-corrected chi connectivity index (χ1v) is 41.2. The SMILES string of the molecule is CCC(C)CCCCCCCCC(=O)OC[C@H](COP(=O)(O)OC[C@H](O)COP(=O)(O)OC[C@@H](COC(=O)CCCCCCCCCC(C)C)OC(=O)CCCCCCCCCCCCCCCCCCC(C)C)OC(=O)CCCCCCCCCCCCCC(C)C. The second-order valence-corrected chi connectivity index (χ2v) is 31.3. The molecule has 0 spiro atoms. The average Bonchev–Trinajstić information content (AvgIpc) is 2.87. The molecule has 0 fully saturated rings. The molecule has 0 aliphatic rings. The van der Waals surface area contributed by atoms with E-state index in [1.165, 1.54) is 161 Å². The predicted octanol–water partition coefficient (Wildman–Crippen LogP) is 21.3. The van der Waals surface area contributed by atoms with Gasteiger partial charge in [0.1, 0.15) is 19.3 Å². The summed E-state index contributed by atoms with van der Waals surface area (Å²) in [4.78, 5) is 72.7. The van der Waals surface area contributed by atoms with Crippen molar-refractivity contribution in [3.63, 3.8) is 0 Å². The zero-order valence-electron chi connectivity index (χ0n) is 60.9. The van der Waals surface area contributed by atoms with E-state index in [-0.39, 0.29) is 25.7 Å². The van der Waals surface area contributed by atoms with E-state index in [1.807, 2.05) is 0 Å². The maximum Gasteiger partial charge on any atom is 0.472 e. The monoisotopic (exact) mass is 1370 g/mol. The van der Waals surface area contributed by atoms with E-state index in [0.717, 1.165) is 120 Å². The summed E-state index contributed by atoms with van der Waals surface area (Å²) in [5.74, 6) is 0.885. The Hall–Kier alpha value is -1.94. The molecule has 0 heterocycles. The van der Waals surface area contributed by atoms with Gasteiger partial charge in [0.05, 0.1) is 26.4 Å². The number of hydrogen-bond acceptors (Lipinski definition) is 15. The van der Waals surface area contributed by atoms with Crippen LogP contribution in [0, 0.1) is 23.7 Å². The van der Waals surface area contributed by atoms with Crippen molar-refractivity contribution >= 4 is 39.5 Å². The largest absolute Gasteiger partial charge is 0.472 e. The molecule has 0 bridgehead atoms. The summed E-state index contributed by atoms with van der Waals surface area (Å²) in [7, 11) is -9.91. The third-order valence-electron chi connectivity index (χ3n) is 17.4. The summed E-state index contributed by atoms with van der Waals surface area (Å²) in [5, 5.41) is 10.6. The van der Waals surface area contributed by atoms with E-state index in [2.05, 4.69) is 55.4 Å². The summed E-state index contributed by atoms with van der Waals surface area (Å²) in [5.41, 5.74) is 0. The highest BCUT2D eigenvalue weighted by molar-refractivity contribution is 7.47. The zero-order valence-corrected chi connectivity index (χ0v) is 62.7. The van der Waals surface area contributed by atoms with E-state index >= 15 is 0 Å². The van der Waals surface area contributed by atoms with Crippen LogP contribution in [-0.4, -0.2) is 96.7 Å². The van der Waals surface area contributed by atoms with Crippen molar-refractivity contribution < 1.29 is 80.2 Å². The van der Waals surface area contributed by atoms with Crippen LogP contribution in [0.2, 0.25) is 0 Å². The molecule has 93 heavy (non-hydrogen) atoms. The maximum absolute atomic E-state index is 13.0. The van der Waals surface area contributed by atoms with Crippen molar-refractivity contribution in [1.29, 1.82) is 0 Å². The van der Waals surface area contributed by atoms with E-state index in [9.17, 15) is 43.2 Å². The third kappa shape index (κ3) is 67.0. The Morgan fingerprint density at radius 3 is 0.763 bits per heavy atom. The molecule has 0 aliphatic carbocycles. The molecule has 19 heteroatoms. The number of unbranched alkanes of at least 4 members (excludes halogenated alkanes) is 36. The normalized spacial score (nSPS) is 14.5. The van der Waals surface area contributed by atoms with Crippen molar-refractivity contribution in [3.05, 3.63) is 0 Å². The fraction of sp³-hybridized carbons (Fsp3) is 0.946. The summed E-state index contributed by atoms with van der Waals surface area (Å²) in [6, 6.07) is 0. The van der Waals surface area contributed by atoms with Gasteiger partial charge in [-0.3, -0.25) is 37.3 Å². The van der Waals surface area contributed by atoms with Crippen molar-refractivity contribution in [2.45, 2.75) is 388 Å². The number of ether oxygens (including phenoxy) is 4. The number of hydrogen-bond donors (Lipinski definition) is 3. The molecule has 0 aliphatic heterocycles. The Kier molecular flexibility index (Phi) is 62.2. The molecule has 0 rings (SSSR count). The van der Waals surface area contributed by atoms with Crippen LogP contribution in [0.3, 0.4) is 0 Å². The number of phosphoric ester groups is 2. The van der Waals surface area contributed by atoms with Crippen LogP contribution in [0.25, 0.3) is 0 Å². The van der Waals surface area contributed by atoms with Gasteiger partial charge in [-0.1, -0.05) is 319 Å². The van der Waals surface area contributed by atoms with Crippen LogP contribution in [0.1, 0.15) is 370 Å². The van der Waals surface area contributed by atoms with Gasteiger partial charge in [-0.05, 0) is 49.4 Å². The lowest BCUT2D eigenvalue weighted by molar-refractivity contribution is -0.161. The quantitative estimate of drug-likeness (QED) is 0.0222. The van der Waals surface area contributed by atoms with Crippen LogP contribution < -0.4 is 0 Å². The number of rotatable bonds is 71. The topological polar surface area (TPSA) is 237 Å². The second kappa shape index (κ2) is 63.5. The Morgan fingerprint density at radius 2 is 0.516 bits per heavy atom. The van der Waals surface area contributed by atoms with Gasteiger partial charge in [0.15, 0.2) is 12.2 Å². The van der Waals surface area contributed by atoms with Gasteiger partial charge in [-0.15, -0.1) is 0 Å². The number of esters is 4. The summed E-state index contributed by atoms with van der Waals surface area (Å²) in [6.07, 6.45) is 47.3. The Labute approximate surface area is 568 Å². The highest BCUT2D eigenvalue weighted by Gasteiger charge is 2.30. The highest BCUT2D eigenvalue weighted by Crippen LogP contribution is 2.45. The van der Waals surface area contributed by atoms with E-state index in [0.29, 0.717) is 31.6 Å². The molecule has 0 radical (unpaired) electrons. The van der Waals surface area contributed by atoms with Crippen LogP contribution in [-0.2, 0) is 65.4 Å². The van der Waals surface area contributed by atoms with Crippen LogP contribution >= 0.6 is 15.6 Å². The summed E-state index contributed by atoms with van der Waals surface area (Å²) in [6.45, 7) is 14.1. The van der Waals surface area contributed by atoms with Gasteiger partial charge in [0, 0.05) is 25.7 Å². The van der Waals surface area contributed by atoms with Crippen LogP contribution in [0.5, 0.6) is 0 Å². The first kappa shape index (κ1) is 91.1. The van der Waals surface area contributed by atoms with Crippen molar-refractivity contribution in [2.24, 2.45) is 23.7 Å². The first-order chi connectivity index (χ1) is 44.6. The van der Waals surface area contributed by atoms with Crippen molar-refractivity contribution in [2.75, 3.05) is 39.6 Å². The second-order valence-electron chi connectivity index (χ2n) is 28.4.